The van der Waals surface area contributed by atoms with E-state index < -0.39 is 6.10 Å². The third-order valence-corrected chi connectivity index (χ3v) is 4.82. The van der Waals surface area contributed by atoms with Gasteiger partial charge in [0.05, 0.1) is 11.4 Å². The monoisotopic (exact) mass is 347 g/mol. The van der Waals surface area contributed by atoms with Gasteiger partial charge in [-0.3, -0.25) is 4.79 Å². The number of aromatic nitrogens is 2. The number of hydrogen-bond donors (Lipinski definition) is 1. The summed E-state index contributed by atoms with van der Waals surface area (Å²) in [4.78, 5) is 12.5. The molecule has 1 atom stereocenters. The number of para-hydroxylation sites is 2. The summed E-state index contributed by atoms with van der Waals surface area (Å²) in [7, 11) is 0. The highest BCUT2D eigenvalue weighted by Crippen LogP contribution is 2.28. The molecule has 1 aliphatic rings. The molecule has 0 saturated heterocycles. The molecule has 1 aliphatic heterocycles. The summed E-state index contributed by atoms with van der Waals surface area (Å²) in [6, 6.07) is 17.8. The zero-order chi connectivity index (χ0) is 18.1. The number of nitrogens with one attached hydrogen (secondary N) is 1. The molecule has 3 aromatic rings. The number of aryl methyl sites for hydroxylation is 1. The van der Waals surface area contributed by atoms with Gasteiger partial charge in [-0.25, -0.2) is 4.68 Å². The van der Waals surface area contributed by atoms with Crippen LogP contribution in [0.5, 0.6) is 5.75 Å². The Morgan fingerprint density at radius 1 is 1.15 bits per heavy atom. The van der Waals surface area contributed by atoms with Gasteiger partial charge in [-0.05, 0) is 37.6 Å². The Kier molecular flexibility index (Phi) is 4.21. The first-order valence-electron chi connectivity index (χ1n) is 8.76. The second kappa shape index (κ2) is 6.67. The van der Waals surface area contributed by atoms with Crippen molar-refractivity contribution in [2.75, 3.05) is 0 Å². The number of carbonyl (C=O) groups is 1. The van der Waals surface area contributed by atoms with E-state index in [1.165, 1.54) is 0 Å². The number of nitrogens with zero attached hydrogens (tertiary/aromatic N) is 2. The number of rotatable bonds is 4. The highest BCUT2D eigenvalue weighted by Gasteiger charge is 2.28. The van der Waals surface area contributed by atoms with Crippen molar-refractivity contribution in [3.8, 4) is 11.4 Å². The van der Waals surface area contributed by atoms with E-state index in [9.17, 15) is 4.79 Å². The Hall–Kier alpha value is -3.08. The lowest BCUT2D eigenvalue weighted by atomic mass is 10.1. The van der Waals surface area contributed by atoms with E-state index in [0.29, 0.717) is 13.0 Å². The van der Waals surface area contributed by atoms with Gasteiger partial charge in [0.25, 0.3) is 5.91 Å². The van der Waals surface area contributed by atoms with E-state index in [-0.39, 0.29) is 5.91 Å². The van der Waals surface area contributed by atoms with Crippen molar-refractivity contribution >= 4 is 5.91 Å². The standard InChI is InChI=1S/C21H21N3O2/c1-14-18(15(2)24(23-14)17-9-4-3-5-10-17)13-22-21(25)20-12-16-8-6-7-11-19(16)26-20/h3-11,20H,12-13H2,1-2H3,(H,22,25)/t20-/m0/s1. The van der Waals surface area contributed by atoms with Crippen molar-refractivity contribution in [3.05, 3.63) is 77.1 Å². The van der Waals surface area contributed by atoms with E-state index in [1.807, 2.05) is 73.1 Å². The second-order valence-electron chi connectivity index (χ2n) is 6.53. The summed E-state index contributed by atoms with van der Waals surface area (Å²) in [5.74, 6) is 0.712. The van der Waals surface area contributed by atoms with E-state index in [4.69, 9.17) is 4.74 Å². The minimum atomic E-state index is -0.461. The third-order valence-electron chi connectivity index (χ3n) is 4.82. The van der Waals surface area contributed by atoms with Crippen molar-refractivity contribution in [2.24, 2.45) is 0 Å². The van der Waals surface area contributed by atoms with Crippen molar-refractivity contribution in [3.63, 3.8) is 0 Å². The van der Waals surface area contributed by atoms with Crippen LogP contribution in [0.2, 0.25) is 0 Å². The first kappa shape index (κ1) is 16.4. The zero-order valence-corrected chi connectivity index (χ0v) is 14.9. The summed E-state index contributed by atoms with van der Waals surface area (Å²) in [5.41, 5.74) is 5.08. The largest absolute Gasteiger partial charge is 0.480 e. The fraction of sp³-hybridized carbons (Fsp3) is 0.238. The molecule has 26 heavy (non-hydrogen) atoms. The Morgan fingerprint density at radius 2 is 1.88 bits per heavy atom. The van der Waals surface area contributed by atoms with Gasteiger partial charge in [0.2, 0.25) is 0 Å². The molecule has 1 N–H and O–H groups in total. The number of ether oxygens (including phenoxy) is 1. The minimum absolute atomic E-state index is 0.0903. The number of fused-ring (bicyclic) bond motifs is 1. The molecule has 132 valence electrons. The Morgan fingerprint density at radius 3 is 2.65 bits per heavy atom. The van der Waals surface area contributed by atoms with Gasteiger partial charge < -0.3 is 10.1 Å². The maximum atomic E-state index is 12.5. The molecule has 1 amide bonds. The van der Waals surface area contributed by atoms with Gasteiger partial charge in [0, 0.05) is 24.2 Å². The molecule has 0 fully saturated rings. The maximum absolute atomic E-state index is 12.5. The molecule has 0 spiro atoms. The molecule has 2 heterocycles. The fourth-order valence-corrected chi connectivity index (χ4v) is 3.37. The van der Waals surface area contributed by atoms with Crippen LogP contribution in [-0.4, -0.2) is 21.8 Å². The second-order valence-corrected chi connectivity index (χ2v) is 6.53. The predicted octanol–water partition coefficient (Wildman–Crippen LogP) is 3.11. The van der Waals surface area contributed by atoms with Gasteiger partial charge in [-0.1, -0.05) is 36.4 Å². The molecular formula is C21H21N3O2. The molecule has 0 aliphatic carbocycles. The van der Waals surface area contributed by atoms with Gasteiger partial charge in [-0.15, -0.1) is 0 Å². The van der Waals surface area contributed by atoms with Crippen LogP contribution in [-0.2, 0) is 17.8 Å². The van der Waals surface area contributed by atoms with Gasteiger partial charge in [0.1, 0.15) is 5.75 Å². The molecule has 5 heteroatoms. The van der Waals surface area contributed by atoms with Crippen LogP contribution < -0.4 is 10.1 Å². The van der Waals surface area contributed by atoms with Gasteiger partial charge in [0.15, 0.2) is 6.10 Å². The van der Waals surface area contributed by atoms with Crippen LogP contribution in [0, 0.1) is 13.8 Å². The lowest BCUT2D eigenvalue weighted by molar-refractivity contribution is -0.127. The van der Waals surface area contributed by atoms with Crippen LogP contribution in [0.15, 0.2) is 54.6 Å². The van der Waals surface area contributed by atoms with Gasteiger partial charge >= 0.3 is 0 Å². The van der Waals surface area contributed by atoms with E-state index in [0.717, 1.165) is 34.0 Å². The Bertz CT molecular complexity index is 922. The summed E-state index contributed by atoms with van der Waals surface area (Å²) < 4.78 is 7.67. The number of carbonyl (C=O) groups excluding carboxylic acids is 1. The smallest absolute Gasteiger partial charge is 0.261 e. The molecule has 0 saturated carbocycles. The zero-order valence-electron chi connectivity index (χ0n) is 14.9. The topological polar surface area (TPSA) is 56.2 Å². The van der Waals surface area contributed by atoms with Crippen LogP contribution in [0.1, 0.15) is 22.5 Å². The van der Waals surface area contributed by atoms with Crippen LogP contribution in [0.25, 0.3) is 5.69 Å². The lowest BCUT2D eigenvalue weighted by Gasteiger charge is -2.12. The van der Waals surface area contributed by atoms with Crippen LogP contribution in [0.3, 0.4) is 0 Å². The third kappa shape index (κ3) is 2.96. The number of amides is 1. The maximum Gasteiger partial charge on any atom is 0.261 e. The normalized spacial score (nSPS) is 15.4. The molecule has 0 bridgehead atoms. The molecule has 4 rings (SSSR count). The number of hydrogen-bond acceptors (Lipinski definition) is 3. The first-order valence-corrected chi connectivity index (χ1v) is 8.76. The van der Waals surface area contributed by atoms with Crippen LogP contribution in [0.4, 0.5) is 0 Å². The van der Waals surface area contributed by atoms with E-state index in [1.54, 1.807) is 0 Å². The fourth-order valence-electron chi connectivity index (χ4n) is 3.37. The Labute approximate surface area is 152 Å². The highest BCUT2D eigenvalue weighted by molar-refractivity contribution is 5.82. The van der Waals surface area contributed by atoms with Crippen molar-refractivity contribution in [2.45, 2.75) is 32.9 Å². The average molecular weight is 347 g/mol. The van der Waals surface area contributed by atoms with Crippen molar-refractivity contribution in [1.29, 1.82) is 0 Å². The SMILES string of the molecule is Cc1nn(-c2ccccc2)c(C)c1CNC(=O)[C@@H]1Cc2ccccc2O1. The molecule has 5 nitrogen and oxygen atoms in total. The molecule has 0 radical (unpaired) electrons. The molecular weight excluding hydrogens is 326 g/mol. The van der Waals surface area contributed by atoms with E-state index in [2.05, 4.69) is 10.4 Å². The lowest BCUT2D eigenvalue weighted by Crippen LogP contribution is -2.37. The van der Waals surface area contributed by atoms with Crippen LogP contribution >= 0.6 is 0 Å². The van der Waals surface area contributed by atoms with E-state index >= 15 is 0 Å². The molecule has 1 aromatic heterocycles. The first-order chi connectivity index (χ1) is 12.6. The van der Waals surface area contributed by atoms with Gasteiger partial charge in [-0.2, -0.15) is 5.10 Å². The molecule has 0 unspecified atom stereocenters. The predicted molar refractivity (Wildman–Crippen MR) is 99.4 cm³/mol. The van der Waals surface area contributed by atoms with Crippen molar-refractivity contribution in [1.82, 2.24) is 15.1 Å². The Balaban J connectivity index is 1.46. The summed E-state index contributed by atoms with van der Waals surface area (Å²) >= 11 is 0. The summed E-state index contributed by atoms with van der Waals surface area (Å²) in [6.45, 7) is 4.44. The average Bonchev–Trinajstić information content (AvgIpc) is 3.22. The highest BCUT2D eigenvalue weighted by atomic mass is 16.5. The minimum Gasteiger partial charge on any atom is -0.480 e. The number of benzene rings is 2. The van der Waals surface area contributed by atoms with Crippen molar-refractivity contribution < 1.29 is 9.53 Å². The summed E-state index contributed by atoms with van der Waals surface area (Å²) in [6.07, 6.45) is 0.153. The molecule has 2 aromatic carbocycles. The quantitative estimate of drug-likeness (QED) is 0.789. The summed E-state index contributed by atoms with van der Waals surface area (Å²) in [5, 5.41) is 7.63.